The summed E-state index contributed by atoms with van der Waals surface area (Å²) in [4.78, 5) is 31.1. The van der Waals surface area contributed by atoms with E-state index in [1.165, 1.54) is 0 Å². The maximum absolute atomic E-state index is 14.5. The Balaban J connectivity index is 1.50. The Hall–Kier alpha value is -4.14. The molecule has 1 aliphatic rings. The number of carbonyl (C=O) groups excluding carboxylic acids is 2. The highest BCUT2D eigenvalue weighted by atomic mass is 16.5. The lowest BCUT2D eigenvalue weighted by atomic mass is 9.96. The summed E-state index contributed by atoms with van der Waals surface area (Å²) in [6.45, 7) is 6.72. The summed E-state index contributed by atoms with van der Waals surface area (Å²) < 4.78 is 8.59. The van der Waals surface area contributed by atoms with Crippen molar-refractivity contribution in [2.24, 2.45) is 13.0 Å². The van der Waals surface area contributed by atoms with Crippen LogP contribution < -0.4 is 5.32 Å². The molecule has 43 heavy (non-hydrogen) atoms. The Morgan fingerprint density at radius 2 is 1.72 bits per heavy atom. The second kappa shape index (κ2) is 13.0. The maximum Gasteiger partial charge on any atom is 0.317 e. The normalized spacial score (nSPS) is 18.7. The number of aryl methyl sites for hydroxylation is 1. The van der Waals surface area contributed by atoms with E-state index in [-0.39, 0.29) is 36.6 Å². The number of ether oxygens (including phenoxy) is 1. The zero-order valence-electron chi connectivity index (χ0n) is 25.7. The summed E-state index contributed by atoms with van der Waals surface area (Å²) in [5.41, 5.74) is 5.36. The number of benzene rings is 3. The Morgan fingerprint density at radius 1 is 1.05 bits per heavy atom. The minimum absolute atomic E-state index is 0.136. The molecule has 2 N–H and O–H groups in total. The van der Waals surface area contributed by atoms with Gasteiger partial charge in [-0.3, -0.25) is 4.79 Å². The summed E-state index contributed by atoms with van der Waals surface area (Å²) in [7, 11) is 3.69. The molecule has 3 amide bonds. The van der Waals surface area contributed by atoms with Crippen LogP contribution >= 0.6 is 0 Å². The predicted octanol–water partition coefficient (Wildman–Crippen LogP) is 5.61. The molecule has 0 unspecified atom stereocenters. The van der Waals surface area contributed by atoms with Crippen LogP contribution in [0.2, 0.25) is 0 Å². The van der Waals surface area contributed by atoms with Crippen molar-refractivity contribution in [2.45, 2.75) is 45.6 Å². The number of hydrogen-bond acceptors (Lipinski definition) is 4. The summed E-state index contributed by atoms with van der Waals surface area (Å²) in [6, 6.07) is 25.2. The first-order valence-corrected chi connectivity index (χ1v) is 15.0. The summed E-state index contributed by atoms with van der Waals surface area (Å²) >= 11 is 0. The van der Waals surface area contributed by atoms with E-state index in [1.807, 2.05) is 111 Å². The van der Waals surface area contributed by atoms with Gasteiger partial charge in [0.05, 0.1) is 31.4 Å². The number of likely N-dealkylation sites (N-methyl/N-ethyl adjacent to an activating group) is 1. The lowest BCUT2D eigenvalue weighted by Crippen LogP contribution is -2.49. The van der Waals surface area contributed by atoms with Crippen LogP contribution in [0.5, 0.6) is 0 Å². The van der Waals surface area contributed by atoms with Crippen molar-refractivity contribution in [1.29, 1.82) is 0 Å². The number of carbonyl (C=O) groups is 2. The molecule has 2 heterocycles. The fraction of sp³-hybridized carbons (Fsp3) is 0.371. The molecule has 1 aromatic heterocycles. The van der Waals surface area contributed by atoms with E-state index in [1.54, 1.807) is 16.8 Å². The van der Waals surface area contributed by atoms with Crippen molar-refractivity contribution >= 4 is 22.8 Å². The topological polar surface area (TPSA) is 87.0 Å². The van der Waals surface area contributed by atoms with Gasteiger partial charge in [-0.2, -0.15) is 0 Å². The zero-order valence-corrected chi connectivity index (χ0v) is 25.7. The van der Waals surface area contributed by atoms with E-state index >= 15 is 0 Å². The first-order chi connectivity index (χ1) is 20.7. The third-order valence-electron chi connectivity index (χ3n) is 8.67. The first kappa shape index (κ1) is 30.3. The molecule has 0 aliphatic carbocycles. The van der Waals surface area contributed by atoms with Gasteiger partial charge in [0.15, 0.2) is 0 Å². The number of aliphatic hydroxyl groups excluding tert-OH is 1. The Bertz CT molecular complexity index is 1580. The molecular formula is C35H42N4O4. The van der Waals surface area contributed by atoms with Gasteiger partial charge in [0.2, 0.25) is 0 Å². The number of nitrogens with zero attached hydrogens (tertiary/aromatic N) is 3. The van der Waals surface area contributed by atoms with Crippen molar-refractivity contribution in [3.8, 4) is 11.1 Å². The monoisotopic (exact) mass is 582 g/mol. The summed E-state index contributed by atoms with van der Waals surface area (Å²) in [6.07, 6.45) is -0.366. The molecular weight excluding hydrogens is 540 g/mol. The molecule has 0 radical (unpaired) electrons. The third kappa shape index (κ3) is 6.17. The number of nitrogens with one attached hydrogen (secondary N) is 1. The fourth-order valence-electron chi connectivity index (χ4n) is 6.00. The van der Waals surface area contributed by atoms with Crippen molar-refractivity contribution in [3.63, 3.8) is 0 Å². The van der Waals surface area contributed by atoms with Crippen LogP contribution in [0.1, 0.15) is 48.4 Å². The highest BCUT2D eigenvalue weighted by Crippen LogP contribution is 2.38. The number of aliphatic hydroxyl groups is 1. The average Bonchev–Trinajstić information content (AvgIpc) is 3.32. The van der Waals surface area contributed by atoms with E-state index in [0.29, 0.717) is 25.4 Å². The van der Waals surface area contributed by atoms with E-state index < -0.39 is 6.04 Å². The third-order valence-corrected chi connectivity index (χ3v) is 8.67. The van der Waals surface area contributed by atoms with Crippen LogP contribution in [0.4, 0.5) is 4.79 Å². The summed E-state index contributed by atoms with van der Waals surface area (Å²) in [5.74, 6) is -0.275. The van der Waals surface area contributed by atoms with Gasteiger partial charge >= 0.3 is 6.03 Å². The maximum atomic E-state index is 14.5. The standard InChI is InChI=1S/C35H42N4O4/c1-23-19-39(24(2)21-40)34(41)33-32(29-17-11-12-18-30(29)38(33)5)28-16-10-9-15-27(28)22-43-31(23)20-37(4)35(42)36-25(3)26-13-7-6-8-14-26/h6-18,23-25,31,40H,19-22H2,1-5H3,(H,36,42)/t23-,24+,25+,31-/m0/s1. The molecule has 0 fully saturated rings. The first-order valence-electron chi connectivity index (χ1n) is 15.0. The molecule has 226 valence electrons. The minimum atomic E-state index is -0.412. The van der Waals surface area contributed by atoms with Crippen LogP contribution in [-0.4, -0.2) is 70.3 Å². The van der Waals surface area contributed by atoms with Gasteiger partial charge in [-0.05, 0) is 36.6 Å². The van der Waals surface area contributed by atoms with Gasteiger partial charge in [-0.15, -0.1) is 0 Å². The molecule has 5 rings (SSSR count). The molecule has 4 atom stereocenters. The molecule has 0 spiro atoms. The summed E-state index contributed by atoms with van der Waals surface area (Å²) in [5, 5.41) is 14.3. The highest BCUT2D eigenvalue weighted by Gasteiger charge is 2.34. The molecule has 1 aliphatic heterocycles. The molecule has 8 nitrogen and oxygen atoms in total. The SMILES string of the molecule is C[C@H](CO)N1C[C@H](C)[C@H](CN(C)C(=O)N[C@H](C)c2ccccc2)OCc2ccccc2-c2c(n(C)c3ccccc23)C1=O. The zero-order chi connectivity index (χ0) is 30.7. The minimum Gasteiger partial charge on any atom is -0.394 e. The number of fused-ring (bicyclic) bond motifs is 5. The molecule has 0 saturated heterocycles. The number of amides is 3. The number of para-hydroxylation sites is 1. The molecule has 8 heteroatoms. The smallest absolute Gasteiger partial charge is 0.317 e. The van der Waals surface area contributed by atoms with Crippen LogP contribution in [0, 0.1) is 5.92 Å². The van der Waals surface area contributed by atoms with E-state index in [0.717, 1.165) is 33.2 Å². The van der Waals surface area contributed by atoms with Gasteiger partial charge in [-0.1, -0.05) is 79.7 Å². The van der Waals surface area contributed by atoms with Crippen LogP contribution in [0.3, 0.4) is 0 Å². The van der Waals surface area contributed by atoms with Crippen LogP contribution in [0.15, 0.2) is 78.9 Å². The van der Waals surface area contributed by atoms with E-state index in [2.05, 4.69) is 5.32 Å². The second-order valence-corrected chi connectivity index (χ2v) is 11.7. The van der Waals surface area contributed by atoms with Crippen molar-refractivity contribution in [1.82, 2.24) is 19.7 Å². The number of hydrogen-bond donors (Lipinski definition) is 2. The second-order valence-electron chi connectivity index (χ2n) is 11.7. The van der Waals surface area contributed by atoms with Crippen molar-refractivity contribution in [3.05, 3.63) is 95.7 Å². The molecule has 0 saturated carbocycles. The molecule has 0 bridgehead atoms. The number of aromatic nitrogens is 1. The van der Waals surface area contributed by atoms with Crippen LogP contribution in [0.25, 0.3) is 22.0 Å². The van der Waals surface area contributed by atoms with E-state index in [9.17, 15) is 14.7 Å². The quantitative estimate of drug-likeness (QED) is 0.310. The Morgan fingerprint density at radius 3 is 2.47 bits per heavy atom. The lowest BCUT2D eigenvalue weighted by molar-refractivity contribution is -0.0186. The average molecular weight is 583 g/mol. The van der Waals surface area contributed by atoms with Gasteiger partial charge in [0.1, 0.15) is 5.69 Å². The number of urea groups is 1. The Labute approximate surface area is 253 Å². The number of rotatable bonds is 6. The van der Waals surface area contributed by atoms with Crippen molar-refractivity contribution < 1.29 is 19.4 Å². The molecule has 4 aromatic rings. The fourth-order valence-corrected chi connectivity index (χ4v) is 6.00. The van der Waals surface area contributed by atoms with E-state index in [4.69, 9.17) is 4.74 Å². The largest absolute Gasteiger partial charge is 0.394 e. The van der Waals surface area contributed by atoms with Gasteiger partial charge in [0, 0.05) is 49.6 Å². The predicted molar refractivity (Wildman–Crippen MR) is 170 cm³/mol. The Kier molecular flexibility index (Phi) is 9.18. The molecule has 3 aromatic carbocycles. The van der Waals surface area contributed by atoms with Gasteiger partial charge in [-0.25, -0.2) is 4.79 Å². The highest BCUT2D eigenvalue weighted by molar-refractivity contribution is 6.10. The van der Waals surface area contributed by atoms with Crippen LogP contribution in [-0.2, 0) is 18.4 Å². The van der Waals surface area contributed by atoms with Gasteiger partial charge in [0.25, 0.3) is 5.91 Å². The lowest BCUT2D eigenvalue weighted by Gasteiger charge is -2.35. The van der Waals surface area contributed by atoms with Crippen molar-refractivity contribution in [2.75, 3.05) is 26.7 Å². The van der Waals surface area contributed by atoms with Gasteiger partial charge < -0.3 is 29.5 Å².